The third kappa shape index (κ3) is 5.73. The lowest BCUT2D eigenvalue weighted by atomic mass is 10.2. The van der Waals surface area contributed by atoms with E-state index in [2.05, 4.69) is 27.6 Å². The fourth-order valence-corrected chi connectivity index (χ4v) is 3.15. The summed E-state index contributed by atoms with van der Waals surface area (Å²) in [6.45, 7) is 2.90. The number of phenols is 1. The second kappa shape index (κ2) is 10.5. The zero-order chi connectivity index (χ0) is 19.8. The molecule has 0 bridgehead atoms. The van der Waals surface area contributed by atoms with Gasteiger partial charge in [-0.2, -0.15) is 0 Å². The van der Waals surface area contributed by atoms with Gasteiger partial charge in [0.15, 0.2) is 23.0 Å². The van der Waals surface area contributed by atoms with E-state index in [-0.39, 0.29) is 5.75 Å². The lowest BCUT2D eigenvalue weighted by Crippen LogP contribution is -2.15. The summed E-state index contributed by atoms with van der Waals surface area (Å²) in [5.74, 6) is 1.78. The number of ether oxygens (including phenoxy) is 5. The van der Waals surface area contributed by atoms with Gasteiger partial charge in [0.25, 0.3) is 0 Å². The molecule has 1 aliphatic heterocycles. The van der Waals surface area contributed by atoms with Crippen molar-refractivity contribution >= 4 is 34.5 Å². The Morgan fingerprint density at radius 2 is 1.64 bits per heavy atom. The molecule has 2 aromatic rings. The van der Waals surface area contributed by atoms with Crippen LogP contribution in [0.1, 0.15) is 5.56 Å². The monoisotopic (exact) mass is 499 g/mol. The molecule has 0 atom stereocenters. The number of methoxy groups -OCH3 is 1. The van der Waals surface area contributed by atoms with Crippen LogP contribution < -0.4 is 14.2 Å². The second-order valence-electron chi connectivity index (χ2n) is 5.86. The molecule has 3 rings (SSSR count). The molecule has 0 aromatic heterocycles. The number of aliphatic imine (C=N–C) groups is 1. The SMILES string of the molecule is COc1cc(C=Nc2ccc3c(c2)OCCOCCOCCO3)cc(I)c1O. The molecule has 0 fully saturated rings. The highest BCUT2D eigenvalue weighted by Gasteiger charge is 2.09. The molecule has 1 N–H and O–H groups in total. The van der Waals surface area contributed by atoms with Gasteiger partial charge in [0.1, 0.15) is 13.2 Å². The first-order valence-electron chi connectivity index (χ1n) is 8.83. The van der Waals surface area contributed by atoms with E-state index in [0.29, 0.717) is 66.1 Å². The minimum Gasteiger partial charge on any atom is -0.504 e. The number of nitrogens with zero attached hydrogens (tertiary/aromatic N) is 1. The van der Waals surface area contributed by atoms with Crippen molar-refractivity contribution in [3.63, 3.8) is 0 Å². The van der Waals surface area contributed by atoms with Gasteiger partial charge in [0.05, 0.1) is 42.8 Å². The molecule has 150 valence electrons. The van der Waals surface area contributed by atoms with Gasteiger partial charge in [-0.3, -0.25) is 4.99 Å². The van der Waals surface area contributed by atoms with Crippen LogP contribution in [0.15, 0.2) is 35.3 Å². The van der Waals surface area contributed by atoms with Crippen molar-refractivity contribution in [3.05, 3.63) is 39.5 Å². The van der Waals surface area contributed by atoms with Crippen molar-refractivity contribution in [1.82, 2.24) is 0 Å². The normalized spacial score (nSPS) is 15.6. The van der Waals surface area contributed by atoms with E-state index in [4.69, 9.17) is 23.7 Å². The van der Waals surface area contributed by atoms with Crippen LogP contribution in [0.4, 0.5) is 5.69 Å². The van der Waals surface area contributed by atoms with Crippen molar-refractivity contribution in [1.29, 1.82) is 0 Å². The Hall–Kier alpha value is -2.04. The van der Waals surface area contributed by atoms with E-state index in [1.165, 1.54) is 7.11 Å². The van der Waals surface area contributed by atoms with Crippen LogP contribution in [0.2, 0.25) is 0 Å². The Morgan fingerprint density at radius 3 is 2.36 bits per heavy atom. The first-order chi connectivity index (χ1) is 13.7. The number of aromatic hydroxyl groups is 1. The molecule has 0 saturated heterocycles. The summed E-state index contributed by atoms with van der Waals surface area (Å²) in [6, 6.07) is 9.06. The standard InChI is InChI=1S/C20H22INO6/c1-24-19-11-14(10-16(21)20(19)23)13-22-15-2-3-17-18(12-15)28-9-7-26-5-4-25-6-8-27-17/h2-3,10-13,23H,4-9H2,1H3. The minimum atomic E-state index is 0.122. The number of benzene rings is 2. The Kier molecular flexibility index (Phi) is 7.75. The molecule has 28 heavy (non-hydrogen) atoms. The molecule has 1 aliphatic rings. The van der Waals surface area contributed by atoms with Gasteiger partial charge in [0.2, 0.25) is 0 Å². The van der Waals surface area contributed by atoms with Crippen LogP contribution >= 0.6 is 22.6 Å². The molecule has 0 radical (unpaired) electrons. The highest BCUT2D eigenvalue weighted by molar-refractivity contribution is 14.1. The summed E-state index contributed by atoms with van der Waals surface area (Å²) < 4.78 is 28.3. The maximum absolute atomic E-state index is 9.94. The lowest BCUT2D eigenvalue weighted by Gasteiger charge is -2.15. The maximum Gasteiger partial charge on any atom is 0.171 e. The van der Waals surface area contributed by atoms with E-state index in [0.717, 1.165) is 5.56 Å². The number of phenolic OH excluding ortho intramolecular Hbond substituents is 1. The van der Waals surface area contributed by atoms with Crippen LogP contribution in [-0.2, 0) is 9.47 Å². The number of hydrogen-bond donors (Lipinski definition) is 1. The van der Waals surface area contributed by atoms with Gasteiger partial charge in [-0.05, 0) is 52.4 Å². The van der Waals surface area contributed by atoms with Crippen molar-refractivity contribution < 1.29 is 28.8 Å². The highest BCUT2D eigenvalue weighted by atomic mass is 127. The Morgan fingerprint density at radius 1 is 0.964 bits per heavy atom. The van der Waals surface area contributed by atoms with Crippen LogP contribution in [0.25, 0.3) is 0 Å². The fraction of sp³-hybridized carbons (Fsp3) is 0.350. The van der Waals surface area contributed by atoms with Crippen LogP contribution in [0, 0.1) is 3.57 Å². The smallest absolute Gasteiger partial charge is 0.171 e. The molecule has 1 heterocycles. The first kappa shape index (κ1) is 20.7. The van der Waals surface area contributed by atoms with Crippen LogP contribution in [0.5, 0.6) is 23.0 Å². The third-order valence-electron chi connectivity index (χ3n) is 3.90. The van der Waals surface area contributed by atoms with Gasteiger partial charge in [-0.1, -0.05) is 0 Å². The summed E-state index contributed by atoms with van der Waals surface area (Å²) >= 11 is 2.05. The number of halogens is 1. The zero-order valence-electron chi connectivity index (χ0n) is 15.5. The predicted molar refractivity (Wildman–Crippen MR) is 114 cm³/mol. The first-order valence-corrected chi connectivity index (χ1v) is 9.91. The summed E-state index contributed by atoms with van der Waals surface area (Å²) in [6.07, 6.45) is 1.71. The predicted octanol–water partition coefficient (Wildman–Crippen LogP) is 3.56. The van der Waals surface area contributed by atoms with Crippen molar-refractivity contribution in [2.45, 2.75) is 0 Å². The molecule has 0 spiro atoms. The Balaban J connectivity index is 1.78. The number of fused-ring (bicyclic) bond motifs is 1. The quantitative estimate of drug-likeness (QED) is 0.514. The largest absolute Gasteiger partial charge is 0.504 e. The van der Waals surface area contributed by atoms with Crippen LogP contribution in [-0.4, -0.2) is 58.1 Å². The maximum atomic E-state index is 9.94. The summed E-state index contributed by atoms with van der Waals surface area (Å²) in [5.41, 5.74) is 1.53. The molecule has 8 heteroatoms. The summed E-state index contributed by atoms with van der Waals surface area (Å²) in [7, 11) is 1.52. The average molecular weight is 499 g/mol. The topological polar surface area (TPSA) is 78.7 Å². The molecule has 0 saturated carbocycles. The molecular weight excluding hydrogens is 477 g/mol. The number of rotatable bonds is 3. The summed E-state index contributed by atoms with van der Waals surface area (Å²) in [4.78, 5) is 4.50. The summed E-state index contributed by atoms with van der Waals surface area (Å²) in [5, 5.41) is 9.94. The van der Waals surface area contributed by atoms with Gasteiger partial charge >= 0.3 is 0 Å². The molecule has 2 aromatic carbocycles. The fourth-order valence-electron chi connectivity index (χ4n) is 2.53. The van der Waals surface area contributed by atoms with Gasteiger partial charge in [-0.25, -0.2) is 0 Å². The van der Waals surface area contributed by atoms with E-state index in [1.54, 1.807) is 12.3 Å². The second-order valence-corrected chi connectivity index (χ2v) is 7.03. The zero-order valence-corrected chi connectivity index (χ0v) is 17.7. The average Bonchev–Trinajstić information content (AvgIpc) is 2.69. The Labute approximate surface area is 177 Å². The molecule has 0 amide bonds. The van der Waals surface area contributed by atoms with E-state index >= 15 is 0 Å². The molecular formula is C20H22INO6. The minimum absolute atomic E-state index is 0.122. The van der Waals surface area contributed by atoms with E-state index in [9.17, 15) is 5.11 Å². The van der Waals surface area contributed by atoms with Crippen LogP contribution in [0.3, 0.4) is 0 Å². The lowest BCUT2D eigenvalue weighted by molar-refractivity contribution is 0.0223. The molecule has 0 unspecified atom stereocenters. The van der Waals surface area contributed by atoms with Crippen molar-refractivity contribution in [2.24, 2.45) is 4.99 Å². The van der Waals surface area contributed by atoms with E-state index < -0.39 is 0 Å². The highest BCUT2D eigenvalue weighted by Crippen LogP contribution is 2.33. The number of hydrogen-bond acceptors (Lipinski definition) is 7. The van der Waals surface area contributed by atoms with Crippen molar-refractivity contribution in [2.75, 3.05) is 46.8 Å². The molecule has 0 aliphatic carbocycles. The molecule has 7 nitrogen and oxygen atoms in total. The van der Waals surface area contributed by atoms with Gasteiger partial charge in [-0.15, -0.1) is 0 Å². The van der Waals surface area contributed by atoms with Crippen molar-refractivity contribution in [3.8, 4) is 23.0 Å². The van der Waals surface area contributed by atoms with E-state index in [1.807, 2.05) is 24.3 Å². The Bertz CT molecular complexity index is 827. The van der Waals surface area contributed by atoms with Gasteiger partial charge < -0.3 is 28.8 Å². The third-order valence-corrected chi connectivity index (χ3v) is 4.73. The van der Waals surface area contributed by atoms with Gasteiger partial charge in [0, 0.05) is 12.3 Å².